The number of phenols is 2. The Kier molecular flexibility index (Phi) is 2.81. The Morgan fingerprint density at radius 1 is 1.20 bits per heavy atom. The molecule has 0 spiro atoms. The van der Waals surface area contributed by atoms with Gasteiger partial charge in [-0.2, -0.15) is 0 Å². The van der Waals surface area contributed by atoms with Crippen molar-refractivity contribution in [1.82, 2.24) is 4.90 Å². The molecule has 2 fully saturated rings. The molecular weight excluding hydrogens is 262 g/mol. The number of fused-ring (bicyclic) bond motifs is 2. The molecule has 2 saturated heterocycles. The second-order valence-corrected chi connectivity index (χ2v) is 5.39. The van der Waals surface area contributed by atoms with E-state index in [2.05, 4.69) is 0 Å². The van der Waals surface area contributed by atoms with E-state index in [4.69, 9.17) is 0 Å². The lowest BCUT2D eigenvalue weighted by Crippen LogP contribution is -2.37. The van der Waals surface area contributed by atoms with Crippen LogP contribution in [0.15, 0.2) is 18.2 Å². The molecule has 20 heavy (non-hydrogen) atoms. The molecule has 6 nitrogen and oxygen atoms in total. The van der Waals surface area contributed by atoms with E-state index in [1.807, 2.05) is 0 Å². The van der Waals surface area contributed by atoms with E-state index in [9.17, 15) is 24.9 Å². The number of benzene rings is 1. The lowest BCUT2D eigenvalue weighted by atomic mass is 9.89. The zero-order valence-electron chi connectivity index (χ0n) is 10.7. The highest BCUT2D eigenvalue weighted by Crippen LogP contribution is 2.43. The third-order valence-electron chi connectivity index (χ3n) is 4.30. The second-order valence-electron chi connectivity index (χ2n) is 5.39. The molecule has 0 aliphatic carbocycles. The molecule has 1 aromatic carbocycles. The molecule has 0 radical (unpaired) electrons. The third-order valence-corrected chi connectivity index (χ3v) is 4.30. The van der Waals surface area contributed by atoms with Crippen LogP contribution in [0.4, 0.5) is 0 Å². The molecule has 3 N–H and O–H groups in total. The number of rotatable bonds is 2. The normalized spacial score (nSPS) is 27.8. The average Bonchev–Trinajstić information content (AvgIpc) is 2.98. The number of carbonyl (C=O) groups excluding carboxylic acids is 1. The standard InChI is InChI=1S/C14H15NO5/c16-8-2-4-12(17)10(6-8)13(18)15-7-1-3-11(15)9(5-7)14(19)20/h2,4,6-7,9,11,16-17H,1,3,5H2,(H,19,20). The minimum Gasteiger partial charge on any atom is -0.508 e. The number of aromatic hydroxyl groups is 2. The van der Waals surface area contributed by atoms with E-state index >= 15 is 0 Å². The van der Waals surface area contributed by atoms with Crippen LogP contribution >= 0.6 is 0 Å². The molecule has 3 unspecified atom stereocenters. The zero-order chi connectivity index (χ0) is 14.4. The van der Waals surface area contributed by atoms with Crippen molar-refractivity contribution >= 4 is 11.9 Å². The van der Waals surface area contributed by atoms with Gasteiger partial charge in [-0.15, -0.1) is 0 Å². The monoisotopic (exact) mass is 277 g/mol. The SMILES string of the molecule is O=C(O)C1CC2CCC1N2C(=O)c1cc(O)ccc1O. The van der Waals surface area contributed by atoms with E-state index in [1.54, 1.807) is 4.90 Å². The highest BCUT2D eigenvalue weighted by atomic mass is 16.4. The van der Waals surface area contributed by atoms with Gasteiger partial charge in [-0.25, -0.2) is 0 Å². The van der Waals surface area contributed by atoms with Gasteiger partial charge in [0.05, 0.1) is 11.5 Å². The van der Waals surface area contributed by atoms with Crippen LogP contribution in [-0.2, 0) is 4.79 Å². The zero-order valence-corrected chi connectivity index (χ0v) is 10.7. The highest BCUT2D eigenvalue weighted by molar-refractivity contribution is 5.98. The smallest absolute Gasteiger partial charge is 0.308 e. The van der Waals surface area contributed by atoms with Gasteiger partial charge in [0.15, 0.2) is 0 Å². The van der Waals surface area contributed by atoms with Gasteiger partial charge < -0.3 is 20.2 Å². The summed E-state index contributed by atoms with van der Waals surface area (Å²) in [5, 5.41) is 28.4. The number of aliphatic carboxylic acids is 1. The van der Waals surface area contributed by atoms with Crippen LogP contribution in [0.25, 0.3) is 0 Å². The van der Waals surface area contributed by atoms with Crippen LogP contribution in [0.1, 0.15) is 29.6 Å². The van der Waals surface area contributed by atoms with Crippen molar-refractivity contribution in [3.63, 3.8) is 0 Å². The van der Waals surface area contributed by atoms with E-state index in [1.165, 1.54) is 18.2 Å². The van der Waals surface area contributed by atoms with Gasteiger partial charge in [0.2, 0.25) is 0 Å². The quantitative estimate of drug-likeness (QED) is 0.705. The Morgan fingerprint density at radius 2 is 1.95 bits per heavy atom. The third kappa shape index (κ3) is 1.79. The molecule has 2 bridgehead atoms. The molecule has 2 aliphatic heterocycles. The van der Waals surface area contributed by atoms with Gasteiger partial charge >= 0.3 is 5.97 Å². The summed E-state index contributed by atoms with van der Waals surface area (Å²) in [5.74, 6) is -2.12. The van der Waals surface area contributed by atoms with Crippen molar-refractivity contribution in [2.24, 2.45) is 5.92 Å². The molecule has 2 aliphatic rings. The number of nitrogens with zero attached hydrogens (tertiary/aromatic N) is 1. The Balaban J connectivity index is 1.92. The maximum Gasteiger partial charge on any atom is 0.308 e. The van der Waals surface area contributed by atoms with Gasteiger partial charge in [-0.05, 0) is 37.5 Å². The molecule has 0 aromatic heterocycles. The maximum absolute atomic E-state index is 12.5. The summed E-state index contributed by atoms with van der Waals surface area (Å²) in [6.07, 6.45) is 1.93. The van der Waals surface area contributed by atoms with Crippen LogP contribution < -0.4 is 0 Å². The Hall–Kier alpha value is -2.24. The minimum atomic E-state index is -0.880. The molecule has 0 saturated carbocycles. The van der Waals surface area contributed by atoms with Gasteiger partial charge in [-0.1, -0.05) is 0 Å². The first-order valence-electron chi connectivity index (χ1n) is 6.56. The van der Waals surface area contributed by atoms with Crippen molar-refractivity contribution in [2.75, 3.05) is 0 Å². The maximum atomic E-state index is 12.5. The van der Waals surface area contributed by atoms with Crippen LogP contribution in [0.3, 0.4) is 0 Å². The average molecular weight is 277 g/mol. The van der Waals surface area contributed by atoms with Crippen LogP contribution in [0.2, 0.25) is 0 Å². The van der Waals surface area contributed by atoms with E-state index in [0.717, 1.165) is 6.42 Å². The Bertz CT molecular complexity index is 585. The van der Waals surface area contributed by atoms with E-state index < -0.39 is 17.8 Å². The summed E-state index contributed by atoms with van der Waals surface area (Å²) in [5.41, 5.74) is 0.0212. The number of phenolic OH excluding ortho intramolecular Hbond substituents is 2. The van der Waals surface area contributed by atoms with Crippen molar-refractivity contribution in [2.45, 2.75) is 31.3 Å². The molecule has 2 heterocycles. The van der Waals surface area contributed by atoms with Crippen LogP contribution in [0, 0.1) is 5.92 Å². The topological polar surface area (TPSA) is 98.1 Å². The number of carbonyl (C=O) groups is 2. The number of amides is 1. The summed E-state index contributed by atoms with van der Waals surface area (Å²) in [6.45, 7) is 0. The summed E-state index contributed by atoms with van der Waals surface area (Å²) in [7, 11) is 0. The Labute approximate surface area is 115 Å². The first-order chi connectivity index (χ1) is 9.49. The first kappa shape index (κ1) is 12.8. The number of hydrogen-bond acceptors (Lipinski definition) is 4. The Morgan fingerprint density at radius 3 is 2.60 bits per heavy atom. The number of carboxylic acid groups (broad SMARTS) is 1. The molecule has 1 aromatic rings. The van der Waals surface area contributed by atoms with Gasteiger partial charge in [-0.3, -0.25) is 9.59 Å². The van der Waals surface area contributed by atoms with Gasteiger partial charge in [0.1, 0.15) is 11.5 Å². The molecule has 3 rings (SSSR count). The van der Waals surface area contributed by atoms with Crippen LogP contribution in [-0.4, -0.2) is 44.2 Å². The lowest BCUT2D eigenvalue weighted by Gasteiger charge is -2.23. The van der Waals surface area contributed by atoms with Crippen LogP contribution in [0.5, 0.6) is 11.5 Å². The van der Waals surface area contributed by atoms with Crippen molar-refractivity contribution in [1.29, 1.82) is 0 Å². The van der Waals surface area contributed by atoms with E-state index in [-0.39, 0.29) is 29.1 Å². The minimum absolute atomic E-state index is 0.0212. The van der Waals surface area contributed by atoms with Gasteiger partial charge in [0, 0.05) is 12.1 Å². The second kappa shape index (κ2) is 4.40. The fourth-order valence-corrected chi connectivity index (χ4v) is 3.41. The van der Waals surface area contributed by atoms with Crippen molar-refractivity contribution < 1.29 is 24.9 Å². The molecule has 6 heteroatoms. The molecule has 106 valence electrons. The summed E-state index contributed by atoms with van der Waals surface area (Å²) in [6, 6.07) is 3.37. The van der Waals surface area contributed by atoms with Crippen molar-refractivity contribution in [3.05, 3.63) is 23.8 Å². The summed E-state index contributed by atoms with van der Waals surface area (Å²) >= 11 is 0. The summed E-state index contributed by atoms with van der Waals surface area (Å²) in [4.78, 5) is 25.3. The fraction of sp³-hybridized carbons (Fsp3) is 0.429. The molecule has 1 amide bonds. The summed E-state index contributed by atoms with van der Waals surface area (Å²) < 4.78 is 0. The largest absolute Gasteiger partial charge is 0.508 e. The van der Waals surface area contributed by atoms with E-state index in [0.29, 0.717) is 12.8 Å². The highest BCUT2D eigenvalue weighted by Gasteiger charge is 2.51. The van der Waals surface area contributed by atoms with Crippen molar-refractivity contribution in [3.8, 4) is 11.5 Å². The number of hydrogen-bond donors (Lipinski definition) is 3. The molecular formula is C14H15NO5. The lowest BCUT2D eigenvalue weighted by molar-refractivity contribution is -0.142. The number of carboxylic acids is 1. The predicted molar refractivity (Wildman–Crippen MR) is 68.5 cm³/mol. The predicted octanol–water partition coefficient (Wildman–Crippen LogP) is 1.18. The first-order valence-corrected chi connectivity index (χ1v) is 6.56. The molecule has 3 atom stereocenters. The van der Waals surface area contributed by atoms with Gasteiger partial charge in [0.25, 0.3) is 5.91 Å². The fourth-order valence-electron chi connectivity index (χ4n) is 3.41.